The monoisotopic (exact) mass is 271 g/mol. The lowest BCUT2D eigenvalue weighted by atomic mass is 10.1. The van der Waals surface area contributed by atoms with Crippen molar-refractivity contribution < 1.29 is 0 Å². The predicted molar refractivity (Wildman–Crippen MR) is 79.5 cm³/mol. The Morgan fingerprint density at radius 3 is 2.95 bits per heavy atom. The fourth-order valence-electron chi connectivity index (χ4n) is 2.76. The van der Waals surface area contributed by atoms with Crippen molar-refractivity contribution in [2.24, 2.45) is 0 Å². The summed E-state index contributed by atoms with van der Waals surface area (Å²) < 4.78 is 2.34. The maximum atomic E-state index is 9.01. The number of hydrogen-bond donors (Lipinski definition) is 0. The Kier molecular flexibility index (Phi) is 3.24. The zero-order chi connectivity index (χ0) is 13.4. The molecule has 1 aliphatic rings. The van der Waals surface area contributed by atoms with E-state index in [9.17, 15) is 0 Å². The van der Waals surface area contributed by atoms with Gasteiger partial charge in [-0.25, -0.2) is 4.98 Å². The highest BCUT2D eigenvalue weighted by molar-refractivity contribution is 7.99. The van der Waals surface area contributed by atoms with Gasteiger partial charge in [0.15, 0.2) is 0 Å². The average Bonchev–Trinajstić information content (AvgIpc) is 3.04. The normalized spacial score (nSPS) is 19.2. The third kappa shape index (κ3) is 2.12. The summed E-state index contributed by atoms with van der Waals surface area (Å²) in [5.74, 6) is 4.16. The van der Waals surface area contributed by atoms with Gasteiger partial charge in [-0.15, -0.1) is 0 Å². The zero-order valence-electron chi connectivity index (χ0n) is 11.3. The lowest BCUT2D eigenvalue weighted by molar-refractivity contribution is 0.555. The number of nitriles is 1. The smallest absolute Gasteiger partial charge is 0.114 e. The second-order valence-electron chi connectivity index (χ2n) is 5.31. The van der Waals surface area contributed by atoms with Crippen LogP contribution in [0.3, 0.4) is 0 Å². The van der Waals surface area contributed by atoms with Crippen LogP contribution in [0.1, 0.15) is 43.6 Å². The summed E-state index contributed by atoms with van der Waals surface area (Å²) in [5, 5.41) is 9.01. The van der Waals surface area contributed by atoms with Crippen molar-refractivity contribution in [2.45, 2.75) is 32.2 Å². The summed E-state index contributed by atoms with van der Waals surface area (Å²) >= 11 is 2.01. The van der Waals surface area contributed by atoms with Gasteiger partial charge in [-0.1, -0.05) is 0 Å². The van der Waals surface area contributed by atoms with Crippen LogP contribution in [0.2, 0.25) is 0 Å². The van der Waals surface area contributed by atoms with Gasteiger partial charge < -0.3 is 4.57 Å². The first-order valence-electron chi connectivity index (χ1n) is 6.70. The van der Waals surface area contributed by atoms with Crippen LogP contribution < -0.4 is 0 Å². The molecule has 1 aromatic carbocycles. The molecule has 1 fully saturated rings. The molecule has 1 saturated heterocycles. The van der Waals surface area contributed by atoms with Crippen molar-refractivity contribution in [1.29, 1.82) is 5.26 Å². The van der Waals surface area contributed by atoms with Gasteiger partial charge in [-0.05, 0) is 44.2 Å². The van der Waals surface area contributed by atoms with Gasteiger partial charge in [0.2, 0.25) is 0 Å². The van der Waals surface area contributed by atoms with Crippen LogP contribution in [0, 0.1) is 11.3 Å². The van der Waals surface area contributed by atoms with Crippen LogP contribution in [0.5, 0.6) is 0 Å². The van der Waals surface area contributed by atoms with Gasteiger partial charge in [0.25, 0.3) is 0 Å². The largest absolute Gasteiger partial charge is 0.325 e. The molecule has 2 heterocycles. The van der Waals surface area contributed by atoms with E-state index in [2.05, 4.69) is 24.5 Å². The maximum Gasteiger partial charge on any atom is 0.114 e. The van der Waals surface area contributed by atoms with Crippen molar-refractivity contribution in [2.75, 3.05) is 11.5 Å². The summed E-state index contributed by atoms with van der Waals surface area (Å²) in [6, 6.07) is 8.42. The second-order valence-corrected chi connectivity index (χ2v) is 6.46. The maximum absolute atomic E-state index is 9.01. The number of hydrogen-bond acceptors (Lipinski definition) is 3. The molecule has 0 bridgehead atoms. The summed E-state index contributed by atoms with van der Waals surface area (Å²) in [5.41, 5.74) is 2.80. The molecular formula is C15H17N3S. The van der Waals surface area contributed by atoms with E-state index in [0.717, 1.165) is 11.0 Å². The van der Waals surface area contributed by atoms with Crippen LogP contribution in [-0.4, -0.2) is 21.1 Å². The highest BCUT2D eigenvalue weighted by Crippen LogP contribution is 2.35. The first kappa shape index (κ1) is 12.6. The van der Waals surface area contributed by atoms with Gasteiger partial charge in [-0.3, -0.25) is 0 Å². The number of thioether (sulfide) groups is 1. The number of nitrogens with zero attached hydrogens (tertiary/aromatic N) is 3. The minimum absolute atomic E-state index is 0.401. The van der Waals surface area contributed by atoms with E-state index in [-0.39, 0.29) is 0 Å². The lowest BCUT2D eigenvalue weighted by Crippen LogP contribution is -2.10. The number of fused-ring (bicyclic) bond motifs is 1. The zero-order valence-corrected chi connectivity index (χ0v) is 12.1. The molecule has 0 saturated carbocycles. The molecule has 19 heavy (non-hydrogen) atoms. The molecule has 1 aliphatic heterocycles. The first-order chi connectivity index (χ1) is 9.20. The van der Waals surface area contributed by atoms with Gasteiger partial charge in [0.05, 0.1) is 22.7 Å². The van der Waals surface area contributed by atoms with E-state index in [1.54, 1.807) is 0 Å². The molecule has 0 aliphatic carbocycles. The van der Waals surface area contributed by atoms with Crippen molar-refractivity contribution in [3.63, 3.8) is 0 Å². The van der Waals surface area contributed by atoms with E-state index in [4.69, 9.17) is 10.2 Å². The van der Waals surface area contributed by atoms with Crippen LogP contribution in [0.15, 0.2) is 18.2 Å². The van der Waals surface area contributed by atoms with Crippen molar-refractivity contribution in [3.05, 3.63) is 29.6 Å². The number of aromatic nitrogens is 2. The van der Waals surface area contributed by atoms with Gasteiger partial charge in [0, 0.05) is 17.7 Å². The van der Waals surface area contributed by atoms with Crippen molar-refractivity contribution in [3.8, 4) is 6.07 Å². The fraction of sp³-hybridized carbons (Fsp3) is 0.467. The SMILES string of the molecule is CC(C)n1c(C2CCSC2)nc2cc(C#N)ccc21. The molecule has 1 unspecified atom stereocenters. The van der Waals surface area contributed by atoms with E-state index in [0.29, 0.717) is 17.5 Å². The van der Waals surface area contributed by atoms with Gasteiger partial charge in [-0.2, -0.15) is 17.0 Å². The molecule has 98 valence electrons. The van der Waals surface area contributed by atoms with Crippen molar-refractivity contribution in [1.82, 2.24) is 9.55 Å². The third-order valence-corrected chi connectivity index (χ3v) is 4.82. The molecule has 3 rings (SSSR count). The molecule has 0 radical (unpaired) electrons. The van der Waals surface area contributed by atoms with Crippen LogP contribution in [-0.2, 0) is 0 Å². The molecular weight excluding hydrogens is 254 g/mol. The molecule has 2 aromatic rings. The minimum atomic E-state index is 0.401. The van der Waals surface area contributed by atoms with Crippen LogP contribution >= 0.6 is 11.8 Å². The molecule has 4 heteroatoms. The number of imidazole rings is 1. The van der Waals surface area contributed by atoms with Crippen molar-refractivity contribution >= 4 is 22.8 Å². The van der Waals surface area contributed by atoms with E-state index >= 15 is 0 Å². The molecule has 0 N–H and O–H groups in total. The minimum Gasteiger partial charge on any atom is -0.325 e. The Hall–Kier alpha value is -1.47. The molecule has 0 amide bonds. The molecule has 3 nitrogen and oxygen atoms in total. The molecule has 1 atom stereocenters. The summed E-state index contributed by atoms with van der Waals surface area (Å²) in [7, 11) is 0. The van der Waals surface area contributed by atoms with Crippen LogP contribution in [0.4, 0.5) is 0 Å². The van der Waals surface area contributed by atoms with E-state index in [1.165, 1.54) is 23.8 Å². The summed E-state index contributed by atoms with van der Waals surface area (Å²) in [6.07, 6.45) is 1.21. The van der Waals surface area contributed by atoms with E-state index < -0.39 is 0 Å². The molecule has 1 aromatic heterocycles. The Morgan fingerprint density at radius 2 is 2.32 bits per heavy atom. The topological polar surface area (TPSA) is 41.6 Å². The fourth-order valence-corrected chi connectivity index (χ4v) is 3.97. The second kappa shape index (κ2) is 4.90. The van der Waals surface area contributed by atoms with Gasteiger partial charge >= 0.3 is 0 Å². The third-order valence-electron chi connectivity index (χ3n) is 3.66. The van der Waals surface area contributed by atoms with Gasteiger partial charge in [0.1, 0.15) is 5.82 Å². The highest BCUT2D eigenvalue weighted by Gasteiger charge is 2.25. The Labute approximate surface area is 117 Å². The highest BCUT2D eigenvalue weighted by atomic mass is 32.2. The standard InChI is InChI=1S/C15H17N3S/c1-10(2)18-14-4-3-11(8-16)7-13(14)17-15(18)12-5-6-19-9-12/h3-4,7,10,12H,5-6,9H2,1-2H3. The number of rotatable bonds is 2. The summed E-state index contributed by atoms with van der Waals surface area (Å²) in [6.45, 7) is 4.40. The Bertz CT molecular complexity index is 645. The lowest BCUT2D eigenvalue weighted by Gasteiger charge is -2.16. The van der Waals surface area contributed by atoms with E-state index in [1.807, 2.05) is 30.0 Å². The first-order valence-corrected chi connectivity index (χ1v) is 7.86. The quantitative estimate of drug-likeness (QED) is 0.836. The predicted octanol–water partition coefficient (Wildman–Crippen LogP) is 3.71. The Balaban J connectivity index is 2.20. The average molecular weight is 271 g/mol. The molecule has 0 spiro atoms. The summed E-state index contributed by atoms with van der Waals surface area (Å²) in [4.78, 5) is 4.82. The van der Waals surface area contributed by atoms with Crippen LogP contribution in [0.25, 0.3) is 11.0 Å². The Morgan fingerprint density at radius 1 is 1.47 bits per heavy atom. The number of benzene rings is 1.